The highest BCUT2D eigenvalue weighted by Crippen LogP contribution is 2.28. The minimum Gasteiger partial charge on any atom is -0.494 e. The summed E-state index contributed by atoms with van der Waals surface area (Å²) in [5, 5.41) is 4.35. The van der Waals surface area contributed by atoms with Crippen LogP contribution in [0.15, 0.2) is 85.1 Å². The lowest BCUT2D eigenvalue weighted by Crippen LogP contribution is -2.48. The number of aryl methyl sites for hydroxylation is 1. The van der Waals surface area contributed by atoms with Crippen molar-refractivity contribution in [2.45, 2.75) is 13.5 Å². The molecule has 6 rings (SSSR count). The first-order chi connectivity index (χ1) is 22.3. The van der Waals surface area contributed by atoms with E-state index in [1.165, 1.54) is 17.8 Å². The number of fused-ring (bicyclic) bond motifs is 1. The van der Waals surface area contributed by atoms with Gasteiger partial charge in [-0.05, 0) is 73.2 Å². The number of halogens is 3. The molecule has 0 radical (unpaired) electrons. The van der Waals surface area contributed by atoms with Gasteiger partial charge in [0.15, 0.2) is 0 Å². The van der Waals surface area contributed by atoms with Crippen LogP contribution >= 0.6 is 40.2 Å². The second-order valence-corrected chi connectivity index (χ2v) is 11.8. The summed E-state index contributed by atoms with van der Waals surface area (Å²) in [5.41, 5.74) is 3.67. The highest BCUT2D eigenvalue weighted by molar-refractivity contribution is 8.93. The lowest BCUT2D eigenvalue weighted by atomic mass is 10.2. The first-order valence-corrected chi connectivity index (χ1v) is 15.8. The Morgan fingerprint density at radius 3 is 2.30 bits per heavy atom. The summed E-state index contributed by atoms with van der Waals surface area (Å²) < 4.78 is 13.5. The SMILES string of the molecule is Br.CCOc1ccc(CN2CCN(C(=O)c3cc4cc(Oc5ccc(NC(=O)c6ccc(Cl)c(Cl)c6)cn5)ccc4n3C)CC2)cc1. The largest absolute Gasteiger partial charge is 0.494 e. The van der Waals surface area contributed by atoms with Gasteiger partial charge in [-0.25, -0.2) is 4.98 Å². The van der Waals surface area contributed by atoms with Gasteiger partial charge in [-0.2, -0.15) is 0 Å². The topological polar surface area (TPSA) is 88.9 Å². The Hall–Kier alpha value is -4.09. The molecule has 1 fully saturated rings. The predicted molar refractivity (Wildman–Crippen MR) is 191 cm³/mol. The molecule has 3 aromatic carbocycles. The summed E-state index contributed by atoms with van der Waals surface area (Å²) >= 11 is 12.0. The molecule has 9 nitrogen and oxygen atoms in total. The van der Waals surface area contributed by atoms with Crippen LogP contribution in [-0.4, -0.2) is 64.0 Å². The van der Waals surface area contributed by atoms with E-state index in [2.05, 4.69) is 27.3 Å². The molecule has 0 aliphatic carbocycles. The quantitative estimate of drug-likeness (QED) is 0.166. The third-order valence-electron chi connectivity index (χ3n) is 7.93. The van der Waals surface area contributed by atoms with Gasteiger partial charge in [0.05, 0.1) is 28.5 Å². The van der Waals surface area contributed by atoms with Crippen molar-refractivity contribution in [3.63, 3.8) is 0 Å². The molecule has 244 valence electrons. The highest BCUT2D eigenvalue weighted by Gasteiger charge is 2.25. The van der Waals surface area contributed by atoms with Gasteiger partial charge in [-0.15, -0.1) is 17.0 Å². The molecule has 0 spiro atoms. The van der Waals surface area contributed by atoms with Crippen molar-refractivity contribution >= 4 is 68.6 Å². The zero-order valence-corrected chi connectivity index (χ0v) is 29.1. The average molecular weight is 739 g/mol. The minimum absolute atomic E-state index is 0. The predicted octanol–water partition coefficient (Wildman–Crippen LogP) is 7.86. The zero-order chi connectivity index (χ0) is 32.2. The number of carbonyl (C=O) groups excluding carboxylic acids is 2. The molecule has 1 saturated heterocycles. The van der Waals surface area contributed by atoms with Gasteiger partial charge in [0.2, 0.25) is 5.88 Å². The van der Waals surface area contributed by atoms with Gasteiger partial charge < -0.3 is 24.3 Å². The number of rotatable bonds is 9. The maximum absolute atomic E-state index is 13.5. The van der Waals surface area contributed by atoms with E-state index >= 15 is 0 Å². The smallest absolute Gasteiger partial charge is 0.270 e. The van der Waals surface area contributed by atoms with Crippen LogP contribution < -0.4 is 14.8 Å². The van der Waals surface area contributed by atoms with Crippen molar-refractivity contribution < 1.29 is 19.1 Å². The zero-order valence-electron chi connectivity index (χ0n) is 25.9. The van der Waals surface area contributed by atoms with Crippen LogP contribution in [0.25, 0.3) is 10.9 Å². The number of ether oxygens (including phenoxy) is 2. The third kappa shape index (κ3) is 8.08. The Bertz CT molecular complexity index is 1870. The number of piperazine rings is 1. The van der Waals surface area contributed by atoms with Crippen LogP contribution in [0.3, 0.4) is 0 Å². The van der Waals surface area contributed by atoms with Crippen LogP contribution in [0.5, 0.6) is 17.4 Å². The van der Waals surface area contributed by atoms with Crippen LogP contribution in [0.1, 0.15) is 33.3 Å². The summed E-state index contributed by atoms with van der Waals surface area (Å²) in [4.78, 5) is 34.7. The molecular weight excluding hydrogens is 705 g/mol. The molecule has 2 amide bonds. The Kier molecular flexibility index (Phi) is 11.1. The van der Waals surface area contributed by atoms with Crippen LogP contribution in [0.4, 0.5) is 5.69 Å². The van der Waals surface area contributed by atoms with Gasteiger partial charge in [0.1, 0.15) is 17.2 Å². The van der Waals surface area contributed by atoms with Crippen molar-refractivity contribution in [3.8, 4) is 17.4 Å². The van der Waals surface area contributed by atoms with Crippen molar-refractivity contribution in [1.82, 2.24) is 19.4 Å². The lowest BCUT2D eigenvalue weighted by Gasteiger charge is -2.34. The molecule has 2 aromatic heterocycles. The molecule has 1 aliphatic heterocycles. The van der Waals surface area contributed by atoms with E-state index in [-0.39, 0.29) is 28.8 Å². The van der Waals surface area contributed by atoms with Gasteiger partial charge in [-0.1, -0.05) is 35.3 Å². The monoisotopic (exact) mass is 737 g/mol. The number of hydrogen-bond acceptors (Lipinski definition) is 6. The van der Waals surface area contributed by atoms with Crippen molar-refractivity contribution in [3.05, 3.63) is 112 Å². The van der Waals surface area contributed by atoms with E-state index < -0.39 is 0 Å². The molecule has 0 unspecified atom stereocenters. The number of amides is 2. The second-order valence-electron chi connectivity index (χ2n) is 11.0. The maximum atomic E-state index is 13.5. The van der Waals surface area contributed by atoms with Crippen molar-refractivity contribution in [2.24, 2.45) is 7.05 Å². The standard InChI is InChI=1S/C35H33Cl2N5O4.BrH/c1-3-45-27-8-4-23(5-9-27)22-41-14-16-42(17-15-41)35(44)32-20-25-18-28(10-12-31(25)40(32)2)46-33-13-7-26(21-38-33)39-34(43)24-6-11-29(36)30(37)19-24;/h4-13,18-21H,3,14-17,22H2,1-2H3,(H,39,43);1H. The summed E-state index contributed by atoms with van der Waals surface area (Å²) in [6, 6.07) is 23.8. The molecule has 12 heteroatoms. The van der Waals surface area contributed by atoms with E-state index in [4.69, 9.17) is 32.7 Å². The molecule has 0 bridgehead atoms. The molecule has 3 heterocycles. The number of hydrogen-bond donors (Lipinski definition) is 1. The summed E-state index contributed by atoms with van der Waals surface area (Å²) in [6.45, 7) is 6.43. The summed E-state index contributed by atoms with van der Waals surface area (Å²) in [6.07, 6.45) is 1.51. The van der Waals surface area contributed by atoms with E-state index in [1.54, 1.807) is 24.3 Å². The van der Waals surface area contributed by atoms with E-state index in [9.17, 15) is 9.59 Å². The molecule has 0 saturated carbocycles. The van der Waals surface area contributed by atoms with Crippen molar-refractivity contribution in [1.29, 1.82) is 0 Å². The summed E-state index contributed by atoms with van der Waals surface area (Å²) in [7, 11) is 1.91. The van der Waals surface area contributed by atoms with Gasteiger partial charge in [0, 0.05) is 62.3 Å². The fourth-order valence-electron chi connectivity index (χ4n) is 5.46. The Balaban J connectivity index is 0.00000433. The minimum atomic E-state index is -0.334. The number of carbonyl (C=O) groups is 2. The van der Waals surface area contributed by atoms with Crippen molar-refractivity contribution in [2.75, 3.05) is 38.1 Å². The fraction of sp³-hybridized carbons (Fsp3) is 0.229. The number of nitrogens with one attached hydrogen (secondary N) is 1. The lowest BCUT2D eigenvalue weighted by molar-refractivity contribution is 0.0619. The van der Waals surface area contributed by atoms with Crippen LogP contribution in [0, 0.1) is 0 Å². The first kappa shape index (κ1) is 34.3. The number of nitrogens with zero attached hydrogens (tertiary/aromatic N) is 4. The number of anilines is 1. The van der Waals surface area contributed by atoms with Gasteiger partial charge in [-0.3, -0.25) is 14.5 Å². The molecule has 1 aliphatic rings. The fourth-order valence-corrected chi connectivity index (χ4v) is 5.76. The number of benzene rings is 3. The Labute approximate surface area is 293 Å². The third-order valence-corrected chi connectivity index (χ3v) is 8.67. The Morgan fingerprint density at radius 1 is 0.872 bits per heavy atom. The highest BCUT2D eigenvalue weighted by atomic mass is 79.9. The Morgan fingerprint density at radius 2 is 1.62 bits per heavy atom. The summed E-state index contributed by atoms with van der Waals surface area (Å²) in [5.74, 6) is 1.51. The van der Waals surface area contributed by atoms with Gasteiger partial charge in [0.25, 0.3) is 11.8 Å². The first-order valence-electron chi connectivity index (χ1n) is 15.0. The van der Waals surface area contributed by atoms with E-state index in [1.807, 2.05) is 59.8 Å². The van der Waals surface area contributed by atoms with E-state index in [0.717, 1.165) is 36.3 Å². The number of aromatic nitrogens is 2. The van der Waals surface area contributed by atoms with E-state index in [0.29, 0.717) is 58.3 Å². The van der Waals surface area contributed by atoms with Gasteiger partial charge >= 0.3 is 0 Å². The van der Waals surface area contributed by atoms with Crippen LogP contribution in [-0.2, 0) is 13.6 Å². The second kappa shape index (κ2) is 15.2. The molecule has 47 heavy (non-hydrogen) atoms. The normalized spacial score (nSPS) is 13.2. The molecular formula is C35H34BrCl2N5O4. The molecule has 5 aromatic rings. The van der Waals surface area contributed by atoms with Crippen LogP contribution in [0.2, 0.25) is 10.0 Å². The number of pyridine rings is 1. The average Bonchev–Trinajstić information content (AvgIpc) is 3.39. The molecule has 1 N–H and O–H groups in total. The maximum Gasteiger partial charge on any atom is 0.270 e. The molecule has 0 atom stereocenters.